The molecule has 0 aliphatic heterocycles. The molecule has 1 radical (unpaired) electrons. The monoisotopic (exact) mass is 771 g/mol. The van der Waals surface area contributed by atoms with Crippen molar-refractivity contribution in [1.29, 1.82) is 0 Å². The number of para-hydroxylation sites is 1. The van der Waals surface area contributed by atoms with Crippen molar-refractivity contribution >= 4 is 54.9 Å². The van der Waals surface area contributed by atoms with Gasteiger partial charge in [-0.05, 0) is 17.5 Å². The third-order valence-electron chi connectivity index (χ3n) is 7.86. The first kappa shape index (κ1) is 32.0. The fraction of sp³-hybridized carbons (Fsp3) is 0.205. The summed E-state index contributed by atoms with van der Waals surface area (Å²) < 4.78 is 2.26. The Morgan fingerprint density at radius 1 is 0.778 bits per heavy atom. The van der Waals surface area contributed by atoms with Crippen molar-refractivity contribution in [3.05, 3.63) is 115 Å². The van der Waals surface area contributed by atoms with Crippen LogP contribution in [-0.2, 0) is 24.9 Å². The van der Waals surface area contributed by atoms with Gasteiger partial charge in [0.1, 0.15) is 11.4 Å². The van der Waals surface area contributed by atoms with Gasteiger partial charge in [0.2, 0.25) is 0 Å². The molecule has 3 aromatic heterocycles. The van der Waals surface area contributed by atoms with Crippen molar-refractivity contribution < 1.29 is 30.0 Å². The van der Waals surface area contributed by atoms with Crippen LogP contribution in [0.25, 0.3) is 60.4 Å². The number of fused-ring (bicyclic) bond motifs is 9. The zero-order valence-corrected chi connectivity index (χ0v) is 28.7. The molecule has 0 aliphatic rings. The van der Waals surface area contributed by atoms with E-state index >= 15 is 0 Å². The number of imidazole rings is 1. The number of aliphatic hydroxyl groups is 1. The van der Waals surface area contributed by atoms with E-state index < -0.39 is 5.41 Å². The maximum atomic E-state index is 11.5. The Morgan fingerprint density at radius 2 is 1.42 bits per heavy atom. The number of ketones is 1. The van der Waals surface area contributed by atoms with Crippen molar-refractivity contribution in [2.24, 2.45) is 10.8 Å². The van der Waals surface area contributed by atoms with Crippen molar-refractivity contribution in [2.45, 2.75) is 41.5 Å². The molecule has 7 rings (SSSR count). The second kappa shape index (κ2) is 12.2. The minimum Gasteiger partial charge on any atom is -0.512 e. The van der Waals surface area contributed by atoms with Crippen molar-refractivity contribution in [3.63, 3.8) is 0 Å². The van der Waals surface area contributed by atoms with Crippen LogP contribution in [0.3, 0.4) is 0 Å². The maximum absolute atomic E-state index is 11.5. The molecule has 0 saturated carbocycles. The van der Waals surface area contributed by atoms with Gasteiger partial charge in [-0.1, -0.05) is 113 Å². The molecular formula is C39H36IrN3O2-. The summed E-state index contributed by atoms with van der Waals surface area (Å²) in [4.78, 5) is 21.3. The molecule has 0 amide bonds. The second-order valence-corrected chi connectivity index (χ2v) is 13.2. The summed E-state index contributed by atoms with van der Waals surface area (Å²) in [7, 11) is 0. The van der Waals surface area contributed by atoms with Gasteiger partial charge in [-0.15, -0.1) is 29.7 Å². The number of benzene rings is 4. The van der Waals surface area contributed by atoms with Crippen LogP contribution >= 0.6 is 0 Å². The number of rotatable bonds is 2. The molecule has 0 bridgehead atoms. The summed E-state index contributed by atoms with van der Waals surface area (Å²) in [6.45, 7) is 11.1. The standard InChI is InChI=1S/C28H16N3.C11H20O2.Ir/c1-2-8-19-17-20(14-13-18(19)7-1)26-27-24(15-16-29-26)30-28-23-11-4-3-9-21(23)22-10-5-6-12-25(22)31(27)28;1-10(2,3)8(12)7-9(13)11(4,5)6;/h1-16H;7,12H,1-6H3;/q-1;;/b;8-7-;. The SMILES string of the molecule is CC(C)(C)C(=O)/C=C(\O)C(C)(C)C.[Ir].[c-]1c(-c2nccc3nc4c5ccccc5c5ccccc5n4c23)ccc2ccccc12. The Morgan fingerprint density at radius 3 is 2.13 bits per heavy atom. The van der Waals surface area contributed by atoms with E-state index in [1.807, 2.05) is 59.9 Å². The molecule has 45 heavy (non-hydrogen) atoms. The van der Waals surface area contributed by atoms with E-state index in [4.69, 9.17) is 9.97 Å². The number of nitrogens with zero attached hydrogens (tertiary/aromatic N) is 3. The van der Waals surface area contributed by atoms with E-state index in [2.05, 4.69) is 89.3 Å². The number of allylic oxidation sites excluding steroid dienone is 2. The molecule has 0 saturated heterocycles. The molecule has 3 heterocycles. The van der Waals surface area contributed by atoms with Gasteiger partial charge in [0.25, 0.3) is 0 Å². The average Bonchev–Trinajstić information content (AvgIpc) is 3.41. The van der Waals surface area contributed by atoms with Crippen molar-refractivity contribution in [3.8, 4) is 11.3 Å². The van der Waals surface area contributed by atoms with E-state index in [1.165, 1.54) is 22.2 Å². The number of aliphatic hydroxyl groups excluding tert-OH is 1. The normalized spacial score (nSPS) is 12.4. The topological polar surface area (TPSA) is 67.5 Å². The first-order valence-electron chi connectivity index (χ1n) is 14.9. The summed E-state index contributed by atoms with van der Waals surface area (Å²) in [6.07, 6.45) is 3.18. The second-order valence-electron chi connectivity index (χ2n) is 13.2. The van der Waals surface area contributed by atoms with Gasteiger partial charge in [-0.2, -0.15) is 0 Å². The predicted molar refractivity (Wildman–Crippen MR) is 182 cm³/mol. The van der Waals surface area contributed by atoms with Crippen LogP contribution in [0.2, 0.25) is 0 Å². The molecule has 4 aromatic carbocycles. The van der Waals surface area contributed by atoms with Gasteiger partial charge < -0.3 is 5.11 Å². The van der Waals surface area contributed by atoms with Crippen LogP contribution in [0, 0.1) is 16.9 Å². The van der Waals surface area contributed by atoms with E-state index in [0.717, 1.165) is 44.2 Å². The molecule has 0 unspecified atom stereocenters. The van der Waals surface area contributed by atoms with Gasteiger partial charge in [-0.25, -0.2) is 4.98 Å². The number of pyridine rings is 2. The number of hydrogen-bond acceptors (Lipinski definition) is 4. The van der Waals surface area contributed by atoms with Crippen LogP contribution in [0.1, 0.15) is 41.5 Å². The van der Waals surface area contributed by atoms with Crippen LogP contribution in [0.15, 0.2) is 109 Å². The first-order valence-corrected chi connectivity index (χ1v) is 14.9. The predicted octanol–water partition coefficient (Wildman–Crippen LogP) is 9.90. The molecule has 7 aromatic rings. The summed E-state index contributed by atoms with van der Waals surface area (Å²) >= 11 is 0. The molecule has 0 atom stereocenters. The Balaban J connectivity index is 0.000000246. The third-order valence-corrected chi connectivity index (χ3v) is 7.86. The van der Waals surface area contributed by atoms with Crippen LogP contribution in [-0.4, -0.2) is 25.3 Å². The molecule has 229 valence electrons. The largest absolute Gasteiger partial charge is 0.512 e. The molecule has 1 N–H and O–H groups in total. The first-order chi connectivity index (χ1) is 20.9. The van der Waals surface area contributed by atoms with Gasteiger partial charge >= 0.3 is 0 Å². The minimum atomic E-state index is -0.417. The molecule has 0 fully saturated rings. The molecular weight excluding hydrogens is 735 g/mol. The molecule has 6 heteroatoms. The van der Waals surface area contributed by atoms with Crippen LogP contribution in [0.5, 0.6) is 0 Å². The molecule has 5 nitrogen and oxygen atoms in total. The van der Waals surface area contributed by atoms with Crippen LogP contribution in [0.4, 0.5) is 0 Å². The zero-order chi connectivity index (χ0) is 31.2. The number of carbonyl (C=O) groups is 1. The number of hydrogen-bond donors (Lipinski definition) is 1. The van der Waals surface area contributed by atoms with E-state index in [9.17, 15) is 9.90 Å². The maximum Gasteiger partial charge on any atom is 0.164 e. The fourth-order valence-corrected chi connectivity index (χ4v) is 5.26. The van der Waals surface area contributed by atoms with Gasteiger partial charge in [0.15, 0.2) is 5.78 Å². The van der Waals surface area contributed by atoms with Gasteiger partial charge in [0.05, 0.1) is 16.6 Å². The van der Waals surface area contributed by atoms with E-state index in [-0.39, 0.29) is 37.1 Å². The van der Waals surface area contributed by atoms with Crippen molar-refractivity contribution in [1.82, 2.24) is 14.4 Å². The summed E-state index contributed by atoms with van der Waals surface area (Å²) in [5.41, 5.74) is 5.16. The third kappa shape index (κ3) is 6.13. The Bertz CT molecular complexity index is 2230. The molecule has 0 spiro atoms. The minimum absolute atomic E-state index is 0. The van der Waals surface area contributed by atoms with Gasteiger partial charge in [-0.3, -0.25) is 14.2 Å². The average molecular weight is 771 g/mol. The molecule has 0 aliphatic carbocycles. The van der Waals surface area contributed by atoms with Gasteiger partial charge in [0, 0.05) is 59.7 Å². The fourth-order valence-electron chi connectivity index (χ4n) is 5.26. The van der Waals surface area contributed by atoms with Crippen molar-refractivity contribution in [2.75, 3.05) is 0 Å². The smallest absolute Gasteiger partial charge is 0.164 e. The zero-order valence-electron chi connectivity index (χ0n) is 26.3. The quantitative estimate of drug-likeness (QED) is 0.0823. The Kier molecular flexibility index (Phi) is 8.68. The Labute approximate surface area is 277 Å². The number of carbonyl (C=O) groups excluding carboxylic acids is 1. The summed E-state index contributed by atoms with van der Waals surface area (Å²) in [5.74, 6) is 0.104. The number of aromatic nitrogens is 3. The summed E-state index contributed by atoms with van der Waals surface area (Å²) in [5, 5.41) is 15.4. The van der Waals surface area contributed by atoms with E-state index in [1.54, 1.807) is 0 Å². The Hall–Kier alpha value is -4.38. The van der Waals surface area contributed by atoms with Crippen LogP contribution < -0.4 is 0 Å². The summed E-state index contributed by atoms with van der Waals surface area (Å²) in [6, 6.07) is 35.1. The van der Waals surface area contributed by atoms with E-state index in [0.29, 0.717) is 0 Å².